The summed E-state index contributed by atoms with van der Waals surface area (Å²) in [6, 6.07) is 12.5. The van der Waals surface area contributed by atoms with Crippen molar-refractivity contribution in [1.29, 1.82) is 0 Å². The van der Waals surface area contributed by atoms with Crippen LogP contribution in [0.1, 0.15) is 17.3 Å². The van der Waals surface area contributed by atoms with Crippen molar-refractivity contribution in [2.75, 3.05) is 12.1 Å². The van der Waals surface area contributed by atoms with Gasteiger partial charge in [-0.25, -0.2) is 4.98 Å². The fraction of sp³-hybridized carbons (Fsp3) is 0.143. The molecule has 0 aliphatic carbocycles. The Labute approximate surface area is 181 Å². The number of carboxylic acids is 1. The van der Waals surface area contributed by atoms with Crippen molar-refractivity contribution in [1.82, 2.24) is 4.98 Å². The summed E-state index contributed by atoms with van der Waals surface area (Å²) in [6.45, 7) is 1.66. The van der Waals surface area contributed by atoms with Gasteiger partial charge >= 0.3 is 0 Å². The first-order valence-corrected chi connectivity index (χ1v) is 10.1. The van der Waals surface area contributed by atoms with Gasteiger partial charge in [-0.05, 0) is 37.3 Å². The lowest BCUT2D eigenvalue weighted by Gasteiger charge is -2.08. The van der Waals surface area contributed by atoms with Crippen LogP contribution in [0, 0.1) is 0 Å². The molecule has 1 aliphatic heterocycles. The molecule has 156 valence electrons. The average Bonchev–Trinajstić information content (AvgIpc) is 3.37. The number of carboxylic acid groups (broad SMARTS) is 1. The van der Waals surface area contributed by atoms with Crippen LogP contribution in [0.25, 0.3) is 11.3 Å². The van der Waals surface area contributed by atoms with Gasteiger partial charge in [0.15, 0.2) is 6.04 Å². The number of benzene rings is 2. The van der Waals surface area contributed by atoms with E-state index in [2.05, 4.69) is 20.3 Å². The van der Waals surface area contributed by atoms with Gasteiger partial charge in [0.2, 0.25) is 5.13 Å². The van der Waals surface area contributed by atoms with Crippen molar-refractivity contribution in [2.24, 2.45) is 15.3 Å². The van der Waals surface area contributed by atoms with Gasteiger partial charge in [-0.1, -0.05) is 18.2 Å². The molecule has 0 unspecified atom stereocenters. The highest BCUT2D eigenvalue weighted by Crippen LogP contribution is 2.31. The first-order valence-electron chi connectivity index (χ1n) is 9.18. The molecule has 0 N–H and O–H groups in total. The third kappa shape index (κ3) is 4.05. The van der Waals surface area contributed by atoms with Crippen molar-refractivity contribution < 1.29 is 19.4 Å². The molecule has 0 bridgehead atoms. The summed E-state index contributed by atoms with van der Waals surface area (Å²) < 4.78 is 5.16. The van der Waals surface area contributed by atoms with Gasteiger partial charge in [-0.3, -0.25) is 4.79 Å². The normalized spacial score (nSPS) is 16.1. The Balaban J connectivity index is 1.54. The Morgan fingerprint density at radius 2 is 1.94 bits per heavy atom. The molecule has 0 saturated heterocycles. The third-order valence-electron chi connectivity index (χ3n) is 4.56. The first-order chi connectivity index (χ1) is 15.0. The Morgan fingerprint density at radius 3 is 2.65 bits per heavy atom. The summed E-state index contributed by atoms with van der Waals surface area (Å²) >= 11 is 1.28. The molecule has 2 aromatic carbocycles. The van der Waals surface area contributed by atoms with Gasteiger partial charge in [0, 0.05) is 16.5 Å². The lowest BCUT2D eigenvalue weighted by molar-refractivity contribution is -0.254. The van der Waals surface area contributed by atoms with Gasteiger partial charge in [0.1, 0.15) is 5.75 Å². The highest BCUT2D eigenvalue weighted by molar-refractivity contribution is 7.14. The van der Waals surface area contributed by atoms with Gasteiger partial charge < -0.3 is 14.6 Å². The van der Waals surface area contributed by atoms with E-state index in [9.17, 15) is 14.7 Å². The number of azo groups is 1. The smallest absolute Gasteiger partial charge is 0.282 e. The summed E-state index contributed by atoms with van der Waals surface area (Å²) in [4.78, 5) is 28.6. The molecule has 31 heavy (non-hydrogen) atoms. The zero-order valence-corrected chi connectivity index (χ0v) is 17.4. The highest BCUT2D eigenvalue weighted by Gasteiger charge is 2.36. The summed E-state index contributed by atoms with van der Waals surface area (Å²) in [5.74, 6) is -1.04. The molecule has 3 aromatic rings. The fourth-order valence-corrected chi connectivity index (χ4v) is 3.72. The van der Waals surface area contributed by atoms with Crippen LogP contribution >= 0.6 is 11.3 Å². The average molecular weight is 434 g/mol. The van der Waals surface area contributed by atoms with Crippen LogP contribution < -0.4 is 14.9 Å². The molecule has 1 aliphatic rings. The van der Waals surface area contributed by atoms with Crippen molar-refractivity contribution in [3.8, 4) is 17.0 Å². The maximum Gasteiger partial charge on any atom is 0.282 e. The van der Waals surface area contributed by atoms with E-state index in [0.29, 0.717) is 16.5 Å². The number of hydrazone groups is 1. The van der Waals surface area contributed by atoms with E-state index in [1.165, 1.54) is 28.5 Å². The van der Waals surface area contributed by atoms with Crippen molar-refractivity contribution >= 4 is 39.7 Å². The number of carbonyl (C=O) groups is 2. The minimum Gasteiger partial charge on any atom is -0.545 e. The number of amides is 1. The number of aromatic nitrogens is 1. The lowest BCUT2D eigenvalue weighted by atomic mass is 10.2. The van der Waals surface area contributed by atoms with E-state index >= 15 is 0 Å². The molecule has 0 spiro atoms. The lowest BCUT2D eigenvalue weighted by Crippen LogP contribution is -2.29. The number of hydrogen-bond acceptors (Lipinski definition) is 9. The van der Waals surface area contributed by atoms with E-state index in [1.807, 2.05) is 29.6 Å². The van der Waals surface area contributed by atoms with Crippen LogP contribution in [0.2, 0.25) is 0 Å². The van der Waals surface area contributed by atoms with Gasteiger partial charge in [-0.15, -0.1) is 11.3 Å². The van der Waals surface area contributed by atoms with Gasteiger partial charge in [-0.2, -0.15) is 20.3 Å². The molecule has 0 radical (unpaired) electrons. The Kier molecular flexibility index (Phi) is 5.54. The monoisotopic (exact) mass is 434 g/mol. The number of thiazole rings is 1. The van der Waals surface area contributed by atoms with E-state index in [0.717, 1.165) is 11.3 Å². The van der Waals surface area contributed by atoms with Gasteiger partial charge in [0.25, 0.3) is 5.91 Å². The molecule has 9 nitrogen and oxygen atoms in total. The standard InChI is InChI=1S/C21H17N5O4S/c1-12-18(24-23-16-6-4-3-5-15(16)20(28)29)19(27)26(25-12)21-22-17(11-31-21)13-7-9-14(30-2)10-8-13/h3-11,18H,1-2H3,(H,28,29)/p-1/t18-/m0/s1. The number of nitrogens with zero attached hydrogens (tertiary/aromatic N) is 5. The van der Waals surface area contributed by atoms with E-state index in [-0.39, 0.29) is 11.3 Å². The van der Waals surface area contributed by atoms with Crippen molar-refractivity contribution in [2.45, 2.75) is 13.0 Å². The summed E-state index contributed by atoms with van der Waals surface area (Å²) in [5, 5.41) is 26.9. The molecule has 1 amide bonds. The second kappa shape index (κ2) is 8.44. The molecule has 4 rings (SSSR count). The second-order valence-corrected chi connectivity index (χ2v) is 7.39. The number of carbonyl (C=O) groups excluding carboxylic acids is 2. The maximum absolute atomic E-state index is 12.9. The Morgan fingerprint density at radius 1 is 1.19 bits per heavy atom. The number of anilines is 1. The predicted octanol–water partition coefficient (Wildman–Crippen LogP) is 3.06. The second-order valence-electron chi connectivity index (χ2n) is 6.56. The molecule has 0 fully saturated rings. The minimum atomic E-state index is -1.37. The zero-order valence-electron chi connectivity index (χ0n) is 16.6. The summed E-state index contributed by atoms with van der Waals surface area (Å²) in [5.41, 5.74) is 2.02. The van der Waals surface area contributed by atoms with Crippen LogP contribution in [-0.4, -0.2) is 35.7 Å². The fourth-order valence-electron chi connectivity index (χ4n) is 2.94. The van der Waals surface area contributed by atoms with Crippen LogP contribution in [0.5, 0.6) is 5.75 Å². The number of rotatable bonds is 6. The van der Waals surface area contributed by atoms with Crippen LogP contribution in [-0.2, 0) is 4.79 Å². The topological polar surface area (TPSA) is 120 Å². The number of methoxy groups -OCH3 is 1. The number of ether oxygens (including phenoxy) is 1. The molecule has 1 aromatic heterocycles. The largest absolute Gasteiger partial charge is 0.545 e. The molecular weight excluding hydrogens is 418 g/mol. The SMILES string of the molecule is COc1ccc(-c2csc(N3N=C(C)[C@H](N=Nc4ccccc4C(=O)[O-])C3=O)n2)cc1. The Bertz CT molecular complexity index is 1200. The highest BCUT2D eigenvalue weighted by atomic mass is 32.1. The molecule has 1 atom stereocenters. The number of aromatic carboxylic acids is 1. The van der Waals surface area contributed by atoms with Gasteiger partial charge in [0.05, 0.1) is 30.2 Å². The Hall–Kier alpha value is -3.92. The minimum absolute atomic E-state index is 0.104. The van der Waals surface area contributed by atoms with E-state index in [4.69, 9.17) is 4.74 Å². The number of hydrogen-bond donors (Lipinski definition) is 0. The zero-order chi connectivity index (χ0) is 22.0. The van der Waals surface area contributed by atoms with E-state index < -0.39 is 17.9 Å². The summed E-state index contributed by atoms with van der Waals surface area (Å²) in [7, 11) is 1.60. The van der Waals surface area contributed by atoms with Crippen molar-refractivity contribution in [3.05, 3.63) is 59.5 Å². The van der Waals surface area contributed by atoms with Crippen LogP contribution in [0.15, 0.2) is 69.2 Å². The predicted molar refractivity (Wildman–Crippen MR) is 114 cm³/mol. The van der Waals surface area contributed by atoms with Crippen LogP contribution in [0.3, 0.4) is 0 Å². The molecule has 0 saturated carbocycles. The molecular formula is C21H16N5O4S-. The molecule has 2 heterocycles. The molecule has 10 heteroatoms. The quantitative estimate of drug-likeness (QED) is 0.552. The maximum atomic E-state index is 12.9. The van der Waals surface area contributed by atoms with Crippen LogP contribution in [0.4, 0.5) is 10.8 Å². The van der Waals surface area contributed by atoms with Crippen molar-refractivity contribution in [3.63, 3.8) is 0 Å². The third-order valence-corrected chi connectivity index (χ3v) is 5.38. The van der Waals surface area contributed by atoms with E-state index in [1.54, 1.807) is 26.2 Å². The summed E-state index contributed by atoms with van der Waals surface area (Å²) in [6.07, 6.45) is 0. The first kappa shape index (κ1) is 20.4.